The Labute approximate surface area is 169 Å². The van der Waals surface area contributed by atoms with E-state index >= 15 is 0 Å². The molecule has 8 nitrogen and oxygen atoms in total. The summed E-state index contributed by atoms with van der Waals surface area (Å²) in [6.07, 6.45) is -4.63. The van der Waals surface area contributed by atoms with Gasteiger partial charge in [0.25, 0.3) is 5.56 Å². The van der Waals surface area contributed by atoms with E-state index in [1.807, 2.05) is 0 Å². The lowest BCUT2D eigenvalue weighted by Gasteiger charge is -2.27. The first-order valence-electron chi connectivity index (χ1n) is 9.16. The number of amides is 2. The SMILES string of the molecule is CCOC(=O)N1CCc2nn(CC(=O)Nc3cccc(C(F)(F)F)c3)c(=O)cc2C1. The summed E-state index contributed by atoms with van der Waals surface area (Å²) < 4.78 is 44.3. The maximum Gasteiger partial charge on any atom is 0.416 e. The molecule has 0 unspecified atom stereocenters. The minimum atomic E-state index is -4.53. The van der Waals surface area contributed by atoms with Crippen LogP contribution in [-0.4, -0.2) is 39.8 Å². The number of alkyl halides is 3. The van der Waals surface area contributed by atoms with E-state index in [1.54, 1.807) is 6.92 Å². The van der Waals surface area contributed by atoms with E-state index in [-0.39, 0.29) is 18.8 Å². The molecule has 2 aromatic rings. The Kier molecular flexibility index (Phi) is 6.09. The number of aromatic nitrogens is 2. The van der Waals surface area contributed by atoms with E-state index in [1.165, 1.54) is 23.1 Å². The van der Waals surface area contributed by atoms with Crippen molar-refractivity contribution >= 4 is 17.7 Å². The molecule has 0 aliphatic carbocycles. The van der Waals surface area contributed by atoms with Gasteiger partial charge in [0.2, 0.25) is 5.91 Å². The van der Waals surface area contributed by atoms with Crippen LogP contribution >= 0.6 is 0 Å². The van der Waals surface area contributed by atoms with E-state index < -0.39 is 35.8 Å². The van der Waals surface area contributed by atoms with Crippen molar-refractivity contribution in [2.45, 2.75) is 32.6 Å². The molecule has 0 spiro atoms. The van der Waals surface area contributed by atoms with Crippen molar-refractivity contribution in [2.24, 2.45) is 0 Å². The van der Waals surface area contributed by atoms with Crippen molar-refractivity contribution in [2.75, 3.05) is 18.5 Å². The highest BCUT2D eigenvalue weighted by molar-refractivity contribution is 5.90. The zero-order valence-electron chi connectivity index (χ0n) is 16.0. The number of fused-ring (bicyclic) bond motifs is 1. The monoisotopic (exact) mass is 424 g/mol. The number of carbonyl (C=O) groups excluding carboxylic acids is 2. The fourth-order valence-electron chi connectivity index (χ4n) is 3.03. The molecule has 1 aliphatic rings. The number of hydrogen-bond acceptors (Lipinski definition) is 5. The lowest BCUT2D eigenvalue weighted by molar-refractivity contribution is -0.137. The number of benzene rings is 1. The molecular weight excluding hydrogens is 405 g/mol. The first-order valence-corrected chi connectivity index (χ1v) is 9.16. The van der Waals surface area contributed by atoms with Crippen molar-refractivity contribution in [1.29, 1.82) is 0 Å². The third-order valence-electron chi connectivity index (χ3n) is 4.44. The molecule has 0 radical (unpaired) electrons. The summed E-state index contributed by atoms with van der Waals surface area (Å²) in [7, 11) is 0. The van der Waals surface area contributed by atoms with Crippen LogP contribution in [0.1, 0.15) is 23.7 Å². The molecule has 1 aromatic carbocycles. The summed E-state index contributed by atoms with van der Waals surface area (Å²) in [5.41, 5.74) is -0.351. The van der Waals surface area contributed by atoms with Crippen LogP contribution in [0.2, 0.25) is 0 Å². The summed E-state index contributed by atoms with van der Waals surface area (Å²) >= 11 is 0. The number of nitrogens with one attached hydrogen (secondary N) is 1. The van der Waals surface area contributed by atoms with Gasteiger partial charge in [-0.15, -0.1) is 0 Å². The number of nitrogens with zero attached hydrogens (tertiary/aromatic N) is 3. The molecule has 2 heterocycles. The van der Waals surface area contributed by atoms with Gasteiger partial charge < -0.3 is 15.0 Å². The van der Waals surface area contributed by atoms with Gasteiger partial charge in [-0.25, -0.2) is 9.48 Å². The van der Waals surface area contributed by atoms with Crippen molar-refractivity contribution in [3.05, 3.63) is 57.5 Å². The Morgan fingerprint density at radius 1 is 1.27 bits per heavy atom. The van der Waals surface area contributed by atoms with Crippen molar-refractivity contribution in [3.63, 3.8) is 0 Å². The van der Waals surface area contributed by atoms with E-state index in [0.717, 1.165) is 16.8 Å². The van der Waals surface area contributed by atoms with E-state index in [4.69, 9.17) is 4.74 Å². The molecule has 11 heteroatoms. The first kappa shape index (κ1) is 21.3. The Morgan fingerprint density at radius 3 is 2.73 bits per heavy atom. The molecule has 0 saturated carbocycles. The van der Waals surface area contributed by atoms with Crippen molar-refractivity contribution < 1.29 is 27.5 Å². The molecule has 1 aliphatic heterocycles. The van der Waals surface area contributed by atoms with Crippen LogP contribution in [0.5, 0.6) is 0 Å². The van der Waals surface area contributed by atoms with Crippen LogP contribution < -0.4 is 10.9 Å². The molecule has 2 amide bonds. The smallest absolute Gasteiger partial charge is 0.416 e. The number of halogens is 3. The lowest BCUT2D eigenvalue weighted by Crippen LogP contribution is -2.39. The summed E-state index contributed by atoms with van der Waals surface area (Å²) in [5, 5.41) is 6.51. The molecule has 1 N–H and O–H groups in total. The van der Waals surface area contributed by atoms with Crippen LogP contribution in [0.4, 0.5) is 23.7 Å². The third kappa shape index (κ3) is 4.97. The summed E-state index contributed by atoms with van der Waals surface area (Å²) in [5.74, 6) is -0.687. The Balaban J connectivity index is 1.70. The normalized spacial score (nSPS) is 13.5. The van der Waals surface area contributed by atoms with Crippen LogP contribution in [0.25, 0.3) is 0 Å². The second kappa shape index (κ2) is 8.56. The molecule has 0 saturated heterocycles. The Morgan fingerprint density at radius 2 is 2.03 bits per heavy atom. The summed E-state index contributed by atoms with van der Waals surface area (Å²) in [4.78, 5) is 37.8. The topological polar surface area (TPSA) is 93.5 Å². The number of ether oxygens (including phenoxy) is 1. The maximum atomic E-state index is 12.8. The predicted molar refractivity (Wildman–Crippen MR) is 99.7 cm³/mol. The van der Waals surface area contributed by atoms with Gasteiger partial charge in [-0.2, -0.15) is 18.3 Å². The third-order valence-corrected chi connectivity index (χ3v) is 4.44. The van der Waals surface area contributed by atoms with Gasteiger partial charge in [0.15, 0.2) is 0 Å². The zero-order chi connectivity index (χ0) is 21.9. The minimum Gasteiger partial charge on any atom is -0.450 e. The Hall–Kier alpha value is -3.37. The summed E-state index contributed by atoms with van der Waals surface area (Å²) in [6, 6.07) is 5.50. The molecule has 1 aromatic heterocycles. The molecule has 0 atom stereocenters. The van der Waals surface area contributed by atoms with Gasteiger partial charge in [0, 0.05) is 30.3 Å². The number of carbonyl (C=O) groups is 2. The lowest BCUT2D eigenvalue weighted by atomic mass is 10.1. The van der Waals surface area contributed by atoms with Gasteiger partial charge in [-0.3, -0.25) is 9.59 Å². The Bertz CT molecular complexity index is 1020. The van der Waals surface area contributed by atoms with Gasteiger partial charge in [-0.1, -0.05) is 6.07 Å². The average Bonchev–Trinajstić information content (AvgIpc) is 2.68. The highest BCUT2D eigenvalue weighted by atomic mass is 19.4. The minimum absolute atomic E-state index is 0.0362. The van der Waals surface area contributed by atoms with Gasteiger partial charge in [-0.05, 0) is 25.1 Å². The zero-order valence-corrected chi connectivity index (χ0v) is 16.0. The number of rotatable bonds is 4. The average molecular weight is 424 g/mol. The van der Waals surface area contributed by atoms with Gasteiger partial charge in [0.1, 0.15) is 6.54 Å². The quantitative estimate of drug-likeness (QED) is 0.814. The van der Waals surface area contributed by atoms with Crippen LogP contribution in [0.3, 0.4) is 0 Å². The van der Waals surface area contributed by atoms with E-state index in [2.05, 4.69) is 10.4 Å². The van der Waals surface area contributed by atoms with Gasteiger partial charge in [0.05, 0.1) is 24.4 Å². The number of hydrogen-bond donors (Lipinski definition) is 1. The fraction of sp³-hybridized carbons (Fsp3) is 0.368. The molecule has 0 bridgehead atoms. The van der Waals surface area contributed by atoms with Crippen LogP contribution in [-0.2, 0) is 35.2 Å². The molecule has 3 rings (SSSR count). The standard InChI is InChI=1S/C19H19F3N4O4/c1-2-30-18(29)25-7-6-15-12(10-25)8-17(28)26(24-15)11-16(27)23-14-5-3-4-13(9-14)19(20,21)22/h3-5,8-9H,2,6-7,10-11H2,1H3,(H,23,27). The van der Waals surface area contributed by atoms with E-state index in [0.29, 0.717) is 24.2 Å². The highest BCUT2D eigenvalue weighted by Crippen LogP contribution is 2.30. The maximum absolute atomic E-state index is 12.8. The van der Waals surface area contributed by atoms with Gasteiger partial charge >= 0.3 is 12.3 Å². The highest BCUT2D eigenvalue weighted by Gasteiger charge is 2.30. The van der Waals surface area contributed by atoms with E-state index in [9.17, 15) is 27.6 Å². The second-order valence-corrected chi connectivity index (χ2v) is 6.61. The molecule has 160 valence electrons. The predicted octanol–water partition coefficient (Wildman–Crippen LogP) is 2.42. The van der Waals surface area contributed by atoms with Crippen LogP contribution in [0.15, 0.2) is 35.1 Å². The molecule has 0 fully saturated rings. The van der Waals surface area contributed by atoms with Crippen molar-refractivity contribution in [1.82, 2.24) is 14.7 Å². The largest absolute Gasteiger partial charge is 0.450 e. The van der Waals surface area contributed by atoms with Crippen LogP contribution in [0, 0.1) is 0 Å². The molecular formula is C19H19F3N4O4. The van der Waals surface area contributed by atoms with Crippen molar-refractivity contribution in [3.8, 4) is 0 Å². The summed E-state index contributed by atoms with van der Waals surface area (Å²) in [6.45, 7) is 2.01. The fourth-order valence-corrected chi connectivity index (χ4v) is 3.03. The first-order chi connectivity index (χ1) is 14.2. The second-order valence-electron chi connectivity index (χ2n) is 6.61. The number of anilines is 1. The molecule has 30 heavy (non-hydrogen) atoms.